The monoisotopic (exact) mass is 236 g/mol. The predicted molar refractivity (Wildman–Crippen MR) is 71.4 cm³/mol. The molecule has 1 N–H and O–H groups in total. The zero-order valence-electron chi connectivity index (χ0n) is 11.2. The number of hydrogen-bond donors (Lipinski definition) is 1. The predicted octanol–water partition coefficient (Wildman–Crippen LogP) is 2.11. The number of nitrogens with zero attached hydrogens (tertiary/aromatic N) is 3. The molecule has 17 heavy (non-hydrogen) atoms. The minimum Gasteiger partial charge on any atom is -0.352 e. The van der Waals surface area contributed by atoms with Crippen molar-refractivity contribution in [2.75, 3.05) is 25.0 Å². The third kappa shape index (κ3) is 3.22. The molecule has 0 aliphatic carbocycles. The molecule has 0 radical (unpaired) electrons. The summed E-state index contributed by atoms with van der Waals surface area (Å²) in [5.41, 5.74) is 1.09. The fraction of sp³-hybridized carbons (Fsp3) is 0.769. The van der Waals surface area contributed by atoms with Crippen molar-refractivity contribution in [1.29, 1.82) is 0 Å². The van der Waals surface area contributed by atoms with E-state index in [9.17, 15) is 0 Å². The summed E-state index contributed by atoms with van der Waals surface area (Å²) < 4.78 is 2.18. The van der Waals surface area contributed by atoms with Crippen LogP contribution in [0.25, 0.3) is 0 Å². The second-order valence-corrected chi connectivity index (χ2v) is 5.05. The molecule has 0 aromatic carbocycles. The van der Waals surface area contributed by atoms with E-state index in [0.717, 1.165) is 24.7 Å². The van der Waals surface area contributed by atoms with Crippen molar-refractivity contribution < 1.29 is 0 Å². The Hall–Kier alpha value is -1.03. The third-order valence-electron chi connectivity index (χ3n) is 3.34. The molecule has 1 saturated heterocycles. The van der Waals surface area contributed by atoms with E-state index in [0.29, 0.717) is 6.04 Å². The number of anilines is 1. The van der Waals surface area contributed by atoms with Gasteiger partial charge in [-0.15, -0.1) is 0 Å². The molecular formula is C13H24N4. The van der Waals surface area contributed by atoms with Crippen molar-refractivity contribution in [3.8, 4) is 0 Å². The minimum absolute atomic E-state index is 0.459. The van der Waals surface area contributed by atoms with E-state index in [4.69, 9.17) is 0 Å². The van der Waals surface area contributed by atoms with Crippen LogP contribution in [0.3, 0.4) is 0 Å². The van der Waals surface area contributed by atoms with Crippen LogP contribution in [0.5, 0.6) is 0 Å². The van der Waals surface area contributed by atoms with Crippen molar-refractivity contribution in [2.45, 2.75) is 46.2 Å². The quantitative estimate of drug-likeness (QED) is 0.850. The first kappa shape index (κ1) is 12.4. The van der Waals surface area contributed by atoms with E-state index in [1.54, 1.807) is 0 Å². The van der Waals surface area contributed by atoms with Gasteiger partial charge in [-0.2, -0.15) is 0 Å². The van der Waals surface area contributed by atoms with Gasteiger partial charge in [-0.3, -0.25) is 0 Å². The first-order valence-electron chi connectivity index (χ1n) is 6.71. The molecule has 0 saturated carbocycles. The lowest BCUT2D eigenvalue weighted by Crippen LogP contribution is -2.33. The number of likely N-dealkylation sites (tertiary alicyclic amines) is 1. The van der Waals surface area contributed by atoms with E-state index in [2.05, 4.69) is 39.8 Å². The summed E-state index contributed by atoms with van der Waals surface area (Å²) in [5, 5.41) is 3.52. The Kier molecular flexibility index (Phi) is 4.05. The van der Waals surface area contributed by atoms with Crippen LogP contribution in [-0.2, 0) is 6.54 Å². The number of aryl methyl sites for hydroxylation is 2. The molecule has 0 spiro atoms. The Bertz CT molecular complexity index is 352. The minimum atomic E-state index is 0.459. The van der Waals surface area contributed by atoms with Gasteiger partial charge in [-0.25, -0.2) is 4.98 Å². The highest BCUT2D eigenvalue weighted by Gasteiger charge is 2.15. The first-order valence-corrected chi connectivity index (χ1v) is 6.71. The molecule has 0 amide bonds. The first-order chi connectivity index (χ1) is 8.19. The maximum atomic E-state index is 4.53. The van der Waals surface area contributed by atoms with Gasteiger partial charge in [0.05, 0.1) is 5.69 Å². The van der Waals surface area contributed by atoms with Crippen LogP contribution in [0.15, 0.2) is 6.20 Å². The zero-order chi connectivity index (χ0) is 12.3. The zero-order valence-corrected chi connectivity index (χ0v) is 11.2. The Morgan fingerprint density at radius 3 is 2.76 bits per heavy atom. The van der Waals surface area contributed by atoms with Gasteiger partial charge in [0.2, 0.25) is 5.95 Å². The summed E-state index contributed by atoms with van der Waals surface area (Å²) in [5.74, 6) is 1.01. The van der Waals surface area contributed by atoms with Crippen molar-refractivity contribution in [3.05, 3.63) is 11.9 Å². The number of aromatic nitrogens is 2. The number of nitrogens with one attached hydrogen (secondary N) is 1. The molecule has 0 bridgehead atoms. The Morgan fingerprint density at radius 1 is 1.41 bits per heavy atom. The molecule has 2 heterocycles. The molecule has 1 aliphatic heterocycles. The van der Waals surface area contributed by atoms with E-state index in [1.165, 1.54) is 25.9 Å². The van der Waals surface area contributed by atoms with E-state index < -0.39 is 0 Å². The highest BCUT2D eigenvalue weighted by Crippen LogP contribution is 2.12. The van der Waals surface area contributed by atoms with E-state index in [1.807, 2.05) is 6.92 Å². The lowest BCUT2D eigenvalue weighted by atomic mass is 10.3. The molecule has 1 unspecified atom stereocenters. The maximum Gasteiger partial charge on any atom is 0.203 e. The number of hydrogen-bond acceptors (Lipinski definition) is 3. The molecule has 1 aromatic heterocycles. The summed E-state index contributed by atoms with van der Waals surface area (Å²) in [6.07, 6.45) is 4.82. The summed E-state index contributed by atoms with van der Waals surface area (Å²) in [6.45, 7) is 11.0. The second-order valence-electron chi connectivity index (χ2n) is 5.05. The van der Waals surface area contributed by atoms with Gasteiger partial charge in [0.1, 0.15) is 0 Å². The highest BCUT2D eigenvalue weighted by atomic mass is 15.2. The smallest absolute Gasteiger partial charge is 0.203 e. The summed E-state index contributed by atoms with van der Waals surface area (Å²) in [6, 6.07) is 0.459. The summed E-state index contributed by atoms with van der Waals surface area (Å²) in [7, 11) is 0. The molecule has 1 aliphatic rings. The molecule has 1 atom stereocenters. The van der Waals surface area contributed by atoms with E-state index in [-0.39, 0.29) is 0 Å². The van der Waals surface area contributed by atoms with Crippen molar-refractivity contribution in [1.82, 2.24) is 14.5 Å². The topological polar surface area (TPSA) is 33.1 Å². The third-order valence-corrected chi connectivity index (χ3v) is 3.34. The van der Waals surface area contributed by atoms with Crippen LogP contribution in [0.2, 0.25) is 0 Å². The molecule has 4 nitrogen and oxygen atoms in total. The fourth-order valence-corrected chi connectivity index (χ4v) is 2.52. The van der Waals surface area contributed by atoms with Gasteiger partial charge in [-0.05, 0) is 46.7 Å². The van der Waals surface area contributed by atoms with Crippen molar-refractivity contribution in [2.24, 2.45) is 0 Å². The normalized spacial score (nSPS) is 18.5. The van der Waals surface area contributed by atoms with Crippen molar-refractivity contribution in [3.63, 3.8) is 0 Å². The molecule has 4 heteroatoms. The average molecular weight is 236 g/mol. The number of rotatable bonds is 5. The van der Waals surface area contributed by atoms with Crippen LogP contribution in [0.4, 0.5) is 5.95 Å². The maximum absolute atomic E-state index is 4.53. The van der Waals surface area contributed by atoms with Gasteiger partial charge in [0.15, 0.2) is 0 Å². The SMILES string of the molecule is CCn1cc(C)nc1NC(C)CN1CCCC1. The van der Waals surface area contributed by atoms with Gasteiger partial charge < -0.3 is 14.8 Å². The van der Waals surface area contributed by atoms with Crippen LogP contribution in [-0.4, -0.2) is 40.1 Å². The van der Waals surface area contributed by atoms with Gasteiger partial charge in [0, 0.05) is 25.3 Å². The molecule has 96 valence electrons. The largest absolute Gasteiger partial charge is 0.352 e. The van der Waals surface area contributed by atoms with Gasteiger partial charge in [-0.1, -0.05) is 0 Å². The molecule has 2 rings (SSSR count). The lowest BCUT2D eigenvalue weighted by Gasteiger charge is -2.21. The summed E-state index contributed by atoms with van der Waals surface area (Å²) >= 11 is 0. The standard InChI is InChI=1S/C13H24N4/c1-4-17-10-12(3)15-13(17)14-11(2)9-16-7-5-6-8-16/h10-11H,4-9H2,1-3H3,(H,14,15). The average Bonchev–Trinajstić information content (AvgIpc) is 2.88. The van der Waals surface area contributed by atoms with Crippen LogP contribution in [0.1, 0.15) is 32.4 Å². The summed E-state index contributed by atoms with van der Waals surface area (Å²) in [4.78, 5) is 7.06. The van der Waals surface area contributed by atoms with Crippen LogP contribution < -0.4 is 5.32 Å². The van der Waals surface area contributed by atoms with Crippen LogP contribution in [0, 0.1) is 6.92 Å². The fourth-order valence-electron chi connectivity index (χ4n) is 2.52. The Balaban J connectivity index is 1.90. The molecule has 1 fully saturated rings. The second kappa shape index (κ2) is 5.54. The number of imidazole rings is 1. The van der Waals surface area contributed by atoms with Crippen molar-refractivity contribution >= 4 is 5.95 Å². The molecular weight excluding hydrogens is 212 g/mol. The van der Waals surface area contributed by atoms with Gasteiger partial charge in [0.25, 0.3) is 0 Å². The molecule has 1 aromatic rings. The Morgan fingerprint density at radius 2 is 2.12 bits per heavy atom. The highest BCUT2D eigenvalue weighted by molar-refractivity contribution is 5.30. The van der Waals surface area contributed by atoms with Crippen LogP contribution >= 0.6 is 0 Å². The van der Waals surface area contributed by atoms with Gasteiger partial charge >= 0.3 is 0 Å². The van der Waals surface area contributed by atoms with E-state index >= 15 is 0 Å². The lowest BCUT2D eigenvalue weighted by molar-refractivity contribution is 0.327. The Labute approximate surface area is 104 Å².